The summed E-state index contributed by atoms with van der Waals surface area (Å²) in [6.07, 6.45) is -0.301. The largest absolute Gasteiger partial charge is 0.484 e. The van der Waals surface area contributed by atoms with Crippen molar-refractivity contribution in [1.29, 1.82) is 0 Å². The van der Waals surface area contributed by atoms with Gasteiger partial charge in [0.05, 0.1) is 17.1 Å². The van der Waals surface area contributed by atoms with Gasteiger partial charge in [0.25, 0.3) is 11.8 Å². The molecule has 3 amide bonds. The molecule has 4 rings (SSSR count). The highest BCUT2D eigenvalue weighted by Gasteiger charge is 2.37. The molecular weight excluding hydrogens is 400 g/mol. The summed E-state index contributed by atoms with van der Waals surface area (Å²) in [5.74, 6) is -0.447. The number of anilines is 2. The van der Waals surface area contributed by atoms with E-state index in [1.54, 1.807) is 41.3 Å². The maximum Gasteiger partial charge on any atom is 0.271 e. The van der Waals surface area contributed by atoms with Crippen molar-refractivity contribution >= 4 is 34.8 Å². The Balaban J connectivity index is 1.48. The van der Waals surface area contributed by atoms with Gasteiger partial charge in [0, 0.05) is 18.9 Å². The highest BCUT2D eigenvalue weighted by Crippen LogP contribution is 2.33. The van der Waals surface area contributed by atoms with E-state index in [1.165, 1.54) is 0 Å². The van der Waals surface area contributed by atoms with Crippen LogP contribution in [-0.4, -0.2) is 42.2 Å². The van der Waals surface area contributed by atoms with Crippen LogP contribution in [0.4, 0.5) is 11.4 Å². The van der Waals surface area contributed by atoms with Crippen molar-refractivity contribution in [1.82, 2.24) is 0 Å². The summed E-state index contributed by atoms with van der Waals surface area (Å²) in [7, 11) is 0. The van der Waals surface area contributed by atoms with E-state index in [0.29, 0.717) is 29.3 Å². The molecule has 9 heteroatoms. The number of ether oxygens (including phenoxy) is 1. The minimum Gasteiger partial charge on any atom is -0.484 e. The molecule has 0 radical (unpaired) electrons. The van der Waals surface area contributed by atoms with Crippen LogP contribution in [0.25, 0.3) is 0 Å². The van der Waals surface area contributed by atoms with Gasteiger partial charge in [-0.15, -0.1) is 0 Å². The number of para-hydroxylation sites is 2. The number of carbonyl (C=O) groups excluding carboxylic acids is 3. The third kappa shape index (κ3) is 4.35. The molecule has 2 aliphatic heterocycles. The molecule has 0 spiro atoms. The third-order valence-corrected chi connectivity index (χ3v) is 5.11. The monoisotopic (exact) mass is 422 g/mol. The van der Waals surface area contributed by atoms with E-state index in [-0.39, 0.29) is 30.9 Å². The van der Waals surface area contributed by atoms with Crippen LogP contribution in [0.5, 0.6) is 5.75 Å². The van der Waals surface area contributed by atoms with E-state index in [9.17, 15) is 14.4 Å². The molecule has 0 aliphatic carbocycles. The first-order valence-electron chi connectivity index (χ1n) is 9.88. The van der Waals surface area contributed by atoms with Gasteiger partial charge in [0.15, 0.2) is 6.61 Å². The second-order valence-corrected chi connectivity index (χ2v) is 7.44. The van der Waals surface area contributed by atoms with E-state index >= 15 is 0 Å². The zero-order valence-electron chi connectivity index (χ0n) is 16.9. The molecule has 2 aromatic carbocycles. The van der Waals surface area contributed by atoms with E-state index < -0.39 is 12.0 Å². The smallest absolute Gasteiger partial charge is 0.271 e. The number of nitrogens with one attached hydrogen (secondary N) is 1. The maximum absolute atomic E-state index is 13.3. The fourth-order valence-electron chi connectivity index (χ4n) is 3.66. The van der Waals surface area contributed by atoms with Crippen LogP contribution in [0.3, 0.4) is 0 Å². The predicted octanol–water partition coefficient (Wildman–Crippen LogP) is 1.81. The highest BCUT2D eigenvalue weighted by molar-refractivity contribution is 6.09. The van der Waals surface area contributed by atoms with Crippen molar-refractivity contribution in [2.45, 2.75) is 31.9 Å². The molecule has 3 N–H and O–H groups in total. The van der Waals surface area contributed by atoms with Crippen molar-refractivity contribution in [2.24, 2.45) is 10.9 Å². The molecule has 2 atom stereocenters. The molecule has 0 saturated carbocycles. The molecule has 2 heterocycles. The standard InChI is InChI=1S/C22H22N4O5/c1-13-10-21(28)24-16-4-2-3-5-18(16)26(13)22(29)19-11-17(25-31-19)14-6-8-15(9-7-14)30-12-20(23)27/h2-9,13,19H,10-12H2,1H3,(H2,23,27)(H,24,28)/t13-,19-/m1/s1. The molecular formula is C22H22N4O5. The third-order valence-electron chi connectivity index (χ3n) is 5.11. The summed E-state index contributed by atoms with van der Waals surface area (Å²) in [5.41, 5.74) is 7.71. The molecule has 0 bridgehead atoms. The first kappa shape index (κ1) is 20.4. The average Bonchev–Trinajstić information content (AvgIpc) is 3.19. The lowest BCUT2D eigenvalue weighted by Gasteiger charge is -2.29. The van der Waals surface area contributed by atoms with Gasteiger partial charge in [-0.05, 0) is 48.9 Å². The number of hydrogen-bond donors (Lipinski definition) is 2. The Bertz CT molecular complexity index is 1050. The number of nitrogens with zero attached hydrogens (tertiary/aromatic N) is 2. The number of hydrogen-bond acceptors (Lipinski definition) is 6. The molecule has 2 aromatic rings. The Hall–Kier alpha value is -3.88. The summed E-state index contributed by atoms with van der Waals surface area (Å²) in [5, 5.41) is 6.94. The topological polar surface area (TPSA) is 123 Å². The summed E-state index contributed by atoms with van der Waals surface area (Å²) in [6.45, 7) is 1.63. The van der Waals surface area contributed by atoms with Gasteiger partial charge in [0.2, 0.25) is 12.0 Å². The fraction of sp³-hybridized carbons (Fsp3) is 0.273. The van der Waals surface area contributed by atoms with Gasteiger partial charge in [-0.3, -0.25) is 14.4 Å². The van der Waals surface area contributed by atoms with Gasteiger partial charge >= 0.3 is 0 Å². The average molecular weight is 422 g/mol. The Morgan fingerprint density at radius 1 is 1.19 bits per heavy atom. The van der Waals surface area contributed by atoms with Crippen LogP contribution < -0.4 is 20.7 Å². The summed E-state index contributed by atoms with van der Waals surface area (Å²) >= 11 is 0. The van der Waals surface area contributed by atoms with Crippen LogP contribution in [0.2, 0.25) is 0 Å². The molecule has 0 unspecified atom stereocenters. The van der Waals surface area contributed by atoms with E-state index in [1.807, 2.05) is 19.1 Å². The number of nitrogens with two attached hydrogens (primary N) is 1. The summed E-state index contributed by atoms with van der Waals surface area (Å²) in [4.78, 5) is 43.4. The van der Waals surface area contributed by atoms with Crippen molar-refractivity contribution in [2.75, 3.05) is 16.8 Å². The summed E-state index contributed by atoms with van der Waals surface area (Å²) in [6, 6.07) is 13.8. The van der Waals surface area contributed by atoms with Crippen LogP contribution >= 0.6 is 0 Å². The molecule has 2 aliphatic rings. The van der Waals surface area contributed by atoms with Gasteiger partial charge in [-0.25, -0.2) is 0 Å². The predicted molar refractivity (Wildman–Crippen MR) is 114 cm³/mol. The van der Waals surface area contributed by atoms with Gasteiger partial charge < -0.3 is 25.5 Å². The number of carbonyl (C=O) groups is 3. The molecule has 0 aromatic heterocycles. The zero-order valence-corrected chi connectivity index (χ0v) is 16.9. The number of fused-ring (bicyclic) bond motifs is 1. The number of primary amides is 1. The number of benzene rings is 2. The van der Waals surface area contributed by atoms with Gasteiger partial charge in [0.1, 0.15) is 5.75 Å². The zero-order chi connectivity index (χ0) is 22.0. The van der Waals surface area contributed by atoms with Gasteiger partial charge in [-0.1, -0.05) is 17.3 Å². The van der Waals surface area contributed by atoms with Crippen molar-refractivity contribution in [3.05, 3.63) is 54.1 Å². The molecule has 9 nitrogen and oxygen atoms in total. The normalized spacial score (nSPS) is 20.1. The van der Waals surface area contributed by atoms with Crippen LogP contribution in [-0.2, 0) is 19.2 Å². The Morgan fingerprint density at radius 3 is 2.68 bits per heavy atom. The molecule has 160 valence electrons. The Labute approximate surface area is 178 Å². The van der Waals surface area contributed by atoms with Gasteiger partial charge in [-0.2, -0.15) is 0 Å². The van der Waals surface area contributed by atoms with Crippen LogP contribution in [0, 0.1) is 0 Å². The van der Waals surface area contributed by atoms with Crippen LogP contribution in [0.1, 0.15) is 25.3 Å². The lowest BCUT2D eigenvalue weighted by molar-refractivity contribution is -0.129. The highest BCUT2D eigenvalue weighted by atomic mass is 16.6. The summed E-state index contributed by atoms with van der Waals surface area (Å²) < 4.78 is 5.25. The van der Waals surface area contributed by atoms with E-state index in [0.717, 1.165) is 5.56 Å². The molecule has 0 fully saturated rings. The number of oxime groups is 1. The Kier molecular flexibility index (Phi) is 5.57. The second kappa shape index (κ2) is 8.47. The van der Waals surface area contributed by atoms with E-state index in [4.69, 9.17) is 15.3 Å². The first-order valence-corrected chi connectivity index (χ1v) is 9.88. The quantitative estimate of drug-likeness (QED) is 0.761. The van der Waals surface area contributed by atoms with Crippen molar-refractivity contribution in [3.8, 4) is 5.75 Å². The number of rotatable bonds is 5. The number of amides is 3. The molecule has 0 saturated heterocycles. The first-order chi connectivity index (χ1) is 14.9. The Morgan fingerprint density at radius 2 is 1.94 bits per heavy atom. The maximum atomic E-state index is 13.3. The second-order valence-electron chi connectivity index (χ2n) is 7.44. The molecule has 31 heavy (non-hydrogen) atoms. The minimum absolute atomic E-state index is 0.141. The van der Waals surface area contributed by atoms with Crippen molar-refractivity contribution in [3.63, 3.8) is 0 Å². The minimum atomic E-state index is -0.788. The van der Waals surface area contributed by atoms with Crippen molar-refractivity contribution < 1.29 is 24.0 Å². The lowest BCUT2D eigenvalue weighted by atomic mass is 10.0. The van der Waals surface area contributed by atoms with E-state index in [2.05, 4.69) is 10.5 Å². The SMILES string of the molecule is C[C@@H]1CC(=O)Nc2ccccc2N1C(=O)[C@H]1CC(c2ccc(OCC(N)=O)cc2)=NO1. The fourth-order valence-corrected chi connectivity index (χ4v) is 3.66. The lowest BCUT2D eigenvalue weighted by Crippen LogP contribution is -2.45. The van der Waals surface area contributed by atoms with Crippen LogP contribution in [0.15, 0.2) is 53.7 Å².